The fraction of sp³-hybridized carbons (Fsp3) is 0.294. The van der Waals surface area contributed by atoms with Gasteiger partial charge >= 0.3 is 0 Å². The summed E-state index contributed by atoms with van der Waals surface area (Å²) in [6, 6.07) is 7.60. The molecule has 0 radical (unpaired) electrons. The van der Waals surface area contributed by atoms with Crippen molar-refractivity contribution in [1.29, 1.82) is 0 Å². The highest BCUT2D eigenvalue weighted by molar-refractivity contribution is 7.07. The zero-order valence-corrected chi connectivity index (χ0v) is 13.7. The van der Waals surface area contributed by atoms with E-state index in [9.17, 15) is 4.79 Å². The third-order valence-corrected chi connectivity index (χ3v) is 4.46. The van der Waals surface area contributed by atoms with Crippen molar-refractivity contribution in [3.05, 3.63) is 52.5 Å². The van der Waals surface area contributed by atoms with Crippen LogP contribution in [0.1, 0.15) is 22.8 Å². The van der Waals surface area contributed by atoms with Gasteiger partial charge in [-0.2, -0.15) is 11.3 Å². The highest BCUT2D eigenvalue weighted by Gasteiger charge is 2.12. The van der Waals surface area contributed by atoms with Gasteiger partial charge in [0.15, 0.2) is 0 Å². The smallest absolute Gasteiger partial charge is 0.251 e. The van der Waals surface area contributed by atoms with Crippen LogP contribution in [0.25, 0.3) is 11.0 Å². The van der Waals surface area contributed by atoms with Crippen molar-refractivity contribution in [3.8, 4) is 0 Å². The Kier molecular flexibility index (Phi) is 4.73. The number of carbonyl (C=O) groups is 1. The minimum Gasteiger partial charge on any atom is -0.395 e. The zero-order valence-electron chi connectivity index (χ0n) is 12.9. The summed E-state index contributed by atoms with van der Waals surface area (Å²) in [5.74, 6) is -0.0914. The molecule has 2 aromatic heterocycles. The number of benzene rings is 1. The van der Waals surface area contributed by atoms with Crippen molar-refractivity contribution in [2.75, 3.05) is 6.61 Å². The lowest BCUT2D eigenvalue weighted by Gasteiger charge is -2.13. The highest BCUT2D eigenvalue weighted by Crippen LogP contribution is 2.15. The molecule has 0 spiro atoms. The molecular weight excluding hydrogens is 310 g/mol. The van der Waals surface area contributed by atoms with Gasteiger partial charge < -0.3 is 15.0 Å². The van der Waals surface area contributed by atoms with Crippen molar-refractivity contribution in [1.82, 2.24) is 14.9 Å². The summed E-state index contributed by atoms with van der Waals surface area (Å²) in [4.78, 5) is 16.7. The molecule has 0 aliphatic heterocycles. The number of nitrogens with one attached hydrogen (secondary N) is 1. The van der Waals surface area contributed by atoms with Crippen LogP contribution >= 0.6 is 11.3 Å². The maximum absolute atomic E-state index is 12.4. The average molecular weight is 329 g/mol. The molecule has 0 fully saturated rings. The SMILES string of the molecule is C[C@H](Cc1ccsc1)NC(=O)c1ccc2c(c1)ncn2CCO. The Morgan fingerprint density at radius 2 is 2.30 bits per heavy atom. The van der Waals surface area contributed by atoms with Crippen LogP contribution in [0.5, 0.6) is 0 Å². The molecule has 1 atom stereocenters. The van der Waals surface area contributed by atoms with Gasteiger partial charge in [-0.1, -0.05) is 0 Å². The molecular formula is C17H19N3O2S. The van der Waals surface area contributed by atoms with Crippen LogP contribution in [0.2, 0.25) is 0 Å². The Labute approximate surface area is 138 Å². The summed E-state index contributed by atoms with van der Waals surface area (Å²) >= 11 is 1.66. The molecule has 5 nitrogen and oxygen atoms in total. The average Bonchev–Trinajstić information content (AvgIpc) is 3.17. The Balaban J connectivity index is 1.70. The second-order valence-corrected chi connectivity index (χ2v) is 6.36. The second kappa shape index (κ2) is 6.93. The molecule has 1 aromatic carbocycles. The molecule has 3 rings (SSSR count). The normalized spacial score (nSPS) is 12.4. The first-order valence-electron chi connectivity index (χ1n) is 7.55. The molecule has 0 bridgehead atoms. The number of aliphatic hydroxyl groups excluding tert-OH is 1. The van der Waals surface area contributed by atoms with Crippen LogP contribution in [-0.4, -0.2) is 33.2 Å². The van der Waals surface area contributed by atoms with E-state index in [1.807, 2.05) is 22.9 Å². The summed E-state index contributed by atoms with van der Waals surface area (Å²) < 4.78 is 1.87. The molecule has 120 valence electrons. The number of imidazole rings is 1. The van der Waals surface area contributed by atoms with Gasteiger partial charge in [-0.05, 0) is 53.9 Å². The van der Waals surface area contributed by atoms with Crippen molar-refractivity contribution < 1.29 is 9.90 Å². The summed E-state index contributed by atoms with van der Waals surface area (Å²) in [7, 11) is 0. The van der Waals surface area contributed by atoms with E-state index >= 15 is 0 Å². The molecule has 2 N–H and O–H groups in total. The number of rotatable bonds is 6. The van der Waals surface area contributed by atoms with Crippen molar-refractivity contribution in [3.63, 3.8) is 0 Å². The van der Waals surface area contributed by atoms with Crippen LogP contribution in [0.15, 0.2) is 41.4 Å². The van der Waals surface area contributed by atoms with E-state index in [0.29, 0.717) is 12.1 Å². The molecule has 3 aromatic rings. The first-order chi connectivity index (χ1) is 11.2. The van der Waals surface area contributed by atoms with Gasteiger partial charge in [0, 0.05) is 18.2 Å². The van der Waals surface area contributed by atoms with E-state index in [1.165, 1.54) is 5.56 Å². The molecule has 0 aliphatic rings. The molecule has 6 heteroatoms. The number of nitrogens with zero attached hydrogens (tertiary/aromatic N) is 2. The number of thiophene rings is 1. The minimum absolute atomic E-state index is 0.0633. The van der Waals surface area contributed by atoms with Crippen molar-refractivity contribution in [2.45, 2.75) is 25.9 Å². The van der Waals surface area contributed by atoms with E-state index in [0.717, 1.165) is 17.5 Å². The fourth-order valence-electron chi connectivity index (χ4n) is 2.61. The maximum Gasteiger partial charge on any atom is 0.251 e. The van der Waals surface area contributed by atoms with Gasteiger partial charge in [-0.15, -0.1) is 0 Å². The minimum atomic E-state index is -0.0914. The van der Waals surface area contributed by atoms with Crippen LogP contribution in [0.3, 0.4) is 0 Å². The number of carbonyl (C=O) groups excluding carboxylic acids is 1. The summed E-state index contributed by atoms with van der Waals surface area (Å²) in [6.07, 6.45) is 2.50. The van der Waals surface area contributed by atoms with E-state index in [1.54, 1.807) is 29.8 Å². The lowest BCUT2D eigenvalue weighted by molar-refractivity contribution is 0.0940. The summed E-state index contributed by atoms with van der Waals surface area (Å²) in [5.41, 5.74) is 3.52. The number of hydrogen-bond acceptors (Lipinski definition) is 4. The molecule has 0 unspecified atom stereocenters. The van der Waals surface area contributed by atoms with Gasteiger partial charge in [-0.3, -0.25) is 4.79 Å². The molecule has 23 heavy (non-hydrogen) atoms. The van der Waals surface area contributed by atoms with E-state index < -0.39 is 0 Å². The van der Waals surface area contributed by atoms with Crippen LogP contribution < -0.4 is 5.32 Å². The fourth-order valence-corrected chi connectivity index (χ4v) is 3.29. The number of fused-ring (bicyclic) bond motifs is 1. The molecule has 1 amide bonds. The number of hydrogen-bond donors (Lipinski definition) is 2. The Bertz CT molecular complexity index is 795. The Morgan fingerprint density at radius 3 is 3.04 bits per heavy atom. The third kappa shape index (κ3) is 3.60. The number of aliphatic hydroxyl groups is 1. The first-order valence-corrected chi connectivity index (χ1v) is 8.49. The van der Waals surface area contributed by atoms with Crippen LogP contribution in [-0.2, 0) is 13.0 Å². The van der Waals surface area contributed by atoms with Gasteiger partial charge in [0.1, 0.15) is 0 Å². The molecule has 0 aliphatic carbocycles. The maximum atomic E-state index is 12.4. The molecule has 2 heterocycles. The zero-order chi connectivity index (χ0) is 16.2. The monoisotopic (exact) mass is 329 g/mol. The second-order valence-electron chi connectivity index (χ2n) is 5.58. The van der Waals surface area contributed by atoms with Gasteiger partial charge in [0.2, 0.25) is 0 Å². The lowest BCUT2D eigenvalue weighted by atomic mass is 10.1. The van der Waals surface area contributed by atoms with E-state index in [2.05, 4.69) is 21.7 Å². The predicted octanol–water partition coefficient (Wildman–Crippen LogP) is 2.45. The summed E-state index contributed by atoms with van der Waals surface area (Å²) in [6.45, 7) is 2.57. The Morgan fingerprint density at radius 1 is 1.43 bits per heavy atom. The van der Waals surface area contributed by atoms with Crippen LogP contribution in [0, 0.1) is 0 Å². The van der Waals surface area contributed by atoms with Gasteiger partial charge in [-0.25, -0.2) is 4.98 Å². The largest absolute Gasteiger partial charge is 0.395 e. The Hall–Kier alpha value is -2.18. The standard InChI is InChI=1S/C17H19N3O2S/c1-12(8-13-4-7-23-10-13)19-17(22)14-2-3-16-15(9-14)18-11-20(16)5-6-21/h2-4,7,9-12,21H,5-6,8H2,1H3,(H,19,22)/t12-/m1/s1. The predicted molar refractivity (Wildman–Crippen MR) is 91.8 cm³/mol. The van der Waals surface area contributed by atoms with Gasteiger partial charge in [0.25, 0.3) is 5.91 Å². The molecule has 0 saturated carbocycles. The summed E-state index contributed by atoms with van der Waals surface area (Å²) in [5, 5.41) is 16.2. The first kappa shape index (κ1) is 15.7. The number of aromatic nitrogens is 2. The van der Waals surface area contributed by atoms with Gasteiger partial charge in [0.05, 0.1) is 24.0 Å². The van der Waals surface area contributed by atoms with E-state index in [4.69, 9.17) is 5.11 Å². The molecule has 0 saturated heterocycles. The lowest BCUT2D eigenvalue weighted by Crippen LogP contribution is -2.33. The topological polar surface area (TPSA) is 67.2 Å². The highest BCUT2D eigenvalue weighted by atomic mass is 32.1. The van der Waals surface area contributed by atoms with E-state index in [-0.39, 0.29) is 18.6 Å². The quantitative estimate of drug-likeness (QED) is 0.730. The third-order valence-electron chi connectivity index (χ3n) is 3.72. The van der Waals surface area contributed by atoms with Crippen molar-refractivity contribution in [2.24, 2.45) is 0 Å². The van der Waals surface area contributed by atoms with Crippen molar-refractivity contribution >= 4 is 28.3 Å². The van der Waals surface area contributed by atoms with Crippen LogP contribution in [0.4, 0.5) is 0 Å². The number of amides is 1.